The van der Waals surface area contributed by atoms with E-state index < -0.39 is 5.69 Å². The van der Waals surface area contributed by atoms with Crippen molar-refractivity contribution in [2.75, 3.05) is 0 Å². The number of benzene rings is 1. The van der Waals surface area contributed by atoms with Crippen LogP contribution in [-0.2, 0) is 0 Å². The fraction of sp³-hybridized carbons (Fsp3) is 0.0909. The summed E-state index contributed by atoms with van der Waals surface area (Å²) < 4.78 is 13.7. The highest BCUT2D eigenvalue weighted by atomic mass is 19.1. The molecule has 0 fully saturated rings. The van der Waals surface area contributed by atoms with Gasteiger partial charge < -0.3 is 4.98 Å². The van der Waals surface area contributed by atoms with E-state index in [1.807, 2.05) is 0 Å². The molecule has 0 spiro atoms. The van der Waals surface area contributed by atoms with Crippen LogP contribution in [0.15, 0.2) is 35.4 Å². The van der Waals surface area contributed by atoms with Crippen LogP contribution in [0.3, 0.4) is 0 Å². The highest BCUT2D eigenvalue weighted by molar-refractivity contribution is 5.62. The van der Waals surface area contributed by atoms with Crippen LogP contribution >= 0.6 is 0 Å². The van der Waals surface area contributed by atoms with Gasteiger partial charge in [-0.3, -0.25) is 0 Å². The molecule has 0 amide bonds. The second-order valence-corrected chi connectivity index (χ2v) is 3.24. The molecule has 0 bridgehead atoms. The van der Waals surface area contributed by atoms with E-state index >= 15 is 0 Å². The Labute approximate surface area is 85.6 Å². The van der Waals surface area contributed by atoms with Gasteiger partial charge in [-0.1, -0.05) is 18.2 Å². The molecular formula is C11H9FN2O. The maximum Gasteiger partial charge on any atom is 0.344 e. The summed E-state index contributed by atoms with van der Waals surface area (Å²) in [7, 11) is 0. The lowest BCUT2D eigenvalue weighted by Crippen LogP contribution is -2.08. The molecule has 1 aromatic carbocycles. The molecule has 0 saturated carbocycles. The first-order chi connectivity index (χ1) is 7.18. The second kappa shape index (κ2) is 3.65. The Balaban J connectivity index is 2.59. The van der Waals surface area contributed by atoms with Crippen LogP contribution < -0.4 is 5.69 Å². The smallest absolute Gasteiger partial charge is 0.312 e. The predicted molar refractivity (Wildman–Crippen MR) is 55.0 cm³/mol. The van der Waals surface area contributed by atoms with Gasteiger partial charge in [0.2, 0.25) is 0 Å². The van der Waals surface area contributed by atoms with E-state index in [2.05, 4.69) is 9.97 Å². The lowest BCUT2D eigenvalue weighted by molar-refractivity contribution is 0.622. The monoisotopic (exact) mass is 204 g/mol. The number of nitrogens with zero attached hydrogens (tertiary/aromatic N) is 1. The van der Waals surface area contributed by atoms with Gasteiger partial charge in [-0.05, 0) is 12.5 Å². The molecule has 0 unspecified atom stereocenters. The van der Waals surface area contributed by atoms with Gasteiger partial charge in [0.15, 0.2) is 0 Å². The van der Waals surface area contributed by atoms with Gasteiger partial charge in [-0.2, -0.15) is 0 Å². The van der Waals surface area contributed by atoms with Crippen LogP contribution in [0.4, 0.5) is 4.39 Å². The summed E-state index contributed by atoms with van der Waals surface area (Å²) >= 11 is 0. The summed E-state index contributed by atoms with van der Waals surface area (Å²) in [4.78, 5) is 16.7. The van der Waals surface area contributed by atoms with Crippen molar-refractivity contribution in [2.24, 2.45) is 0 Å². The van der Waals surface area contributed by atoms with Crippen LogP contribution in [0.2, 0.25) is 0 Å². The molecule has 1 aromatic heterocycles. The van der Waals surface area contributed by atoms with E-state index in [9.17, 15) is 9.18 Å². The average molecular weight is 204 g/mol. The van der Waals surface area contributed by atoms with Crippen LogP contribution in [0.5, 0.6) is 0 Å². The van der Waals surface area contributed by atoms with Crippen LogP contribution in [0.1, 0.15) is 5.56 Å². The number of hydrogen-bond donors (Lipinski definition) is 1. The Kier molecular flexibility index (Phi) is 2.33. The molecule has 0 radical (unpaired) electrons. The molecule has 2 rings (SSSR count). The number of H-pyrrole nitrogens is 1. The molecule has 2 aromatic rings. The largest absolute Gasteiger partial charge is 0.344 e. The number of hydrogen-bond acceptors (Lipinski definition) is 2. The minimum absolute atomic E-state index is 0.286. The van der Waals surface area contributed by atoms with Crippen molar-refractivity contribution in [2.45, 2.75) is 6.92 Å². The zero-order valence-corrected chi connectivity index (χ0v) is 8.12. The van der Waals surface area contributed by atoms with Gasteiger partial charge in [0.05, 0.1) is 0 Å². The number of rotatable bonds is 1. The molecule has 0 saturated heterocycles. The van der Waals surface area contributed by atoms with Gasteiger partial charge in [-0.25, -0.2) is 14.2 Å². The molecule has 0 aliphatic rings. The molecule has 76 valence electrons. The Morgan fingerprint density at radius 2 is 2.20 bits per heavy atom. The molecule has 1 N–H and O–H groups in total. The highest BCUT2D eigenvalue weighted by Crippen LogP contribution is 2.22. The van der Waals surface area contributed by atoms with Crippen molar-refractivity contribution in [1.29, 1.82) is 0 Å². The fourth-order valence-electron chi connectivity index (χ4n) is 1.36. The fourth-order valence-corrected chi connectivity index (χ4v) is 1.36. The number of halogens is 1. The van der Waals surface area contributed by atoms with E-state index in [1.165, 1.54) is 12.4 Å². The standard InChI is InChI=1S/C11H9FN2O/c1-7-3-2-4-9(10(7)12)8-5-13-11(15)14-6-8/h2-6H,1H3,(H,13,14,15). The van der Waals surface area contributed by atoms with Crippen molar-refractivity contribution < 1.29 is 4.39 Å². The third-order valence-corrected chi connectivity index (χ3v) is 2.17. The summed E-state index contributed by atoms with van der Waals surface area (Å²) in [6.07, 6.45) is 2.81. The first-order valence-corrected chi connectivity index (χ1v) is 4.48. The summed E-state index contributed by atoms with van der Waals surface area (Å²) in [5.74, 6) is -0.286. The Hall–Kier alpha value is -1.97. The molecule has 0 aliphatic heterocycles. The number of nitrogens with one attached hydrogen (secondary N) is 1. The van der Waals surface area contributed by atoms with Crippen molar-refractivity contribution in [3.63, 3.8) is 0 Å². The van der Waals surface area contributed by atoms with Crippen molar-refractivity contribution >= 4 is 0 Å². The summed E-state index contributed by atoms with van der Waals surface area (Å²) in [5.41, 5.74) is 1.14. The van der Waals surface area contributed by atoms with Crippen molar-refractivity contribution in [3.8, 4) is 11.1 Å². The van der Waals surface area contributed by atoms with Gasteiger partial charge in [0.25, 0.3) is 0 Å². The maximum absolute atomic E-state index is 13.7. The summed E-state index contributed by atoms with van der Waals surface area (Å²) in [6, 6.07) is 5.11. The van der Waals surface area contributed by atoms with Gasteiger partial charge in [0, 0.05) is 23.5 Å². The van der Waals surface area contributed by atoms with Crippen molar-refractivity contribution in [1.82, 2.24) is 9.97 Å². The van der Waals surface area contributed by atoms with E-state index in [-0.39, 0.29) is 5.82 Å². The molecule has 0 atom stereocenters. The third kappa shape index (κ3) is 1.79. The second-order valence-electron chi connectivity index (χ2n) is 3.24. The number of aromatic amines is 1. The Bertz CT molecular complexity index is 528. The number of aryl methyl sites for hydroxylation is 1. The van der Waals surface area contributed by atoms with E-state index in [0.717, 1.165) is 0 Å². The SMILES string of the molecule is Cc1cccc(-c2cnc(=O)[nH]c2)c1F. The topological polar surface area (TPSA) is 45.8 Å². The third-order valence-electron chi connectivity index (χ3n) is 2.17. The normalized spacial score (nSPS) is 10.3. The molecule has 1 heterocycles. The highest BCUT2D eigenvalue weighted by Gasteiger charge is 2.06. The van der Waals surface area contributed by atoms with E-state index in [4.69, 9.17) is 0 Å². The van der Waals surface area contributed by atoms with Gasteiger partial charge in [-0.15, -0.1) is 0 Å². The zero-order valence-electron chi connectivity index (χ0n) is 8.12. The molecular weight excluding hydrogens is 195 g/mol. The minimum Gasteiger partial charge on any atom is -0.312 e. The van der Waals surface area contributed by atoms with Crippen molar-refractivity contribution in [3.05, 3.63) is 52.5 Å². The predicted octanol–water partition coefficient (Wildman–Crippen LogP) is 1.88. The first-order valence-electron chi connectivity index (χ1n) is 4.48. The first kappa shape index (κ1) is 9.58. The van der Waals surface area contributed by atoms with E-state index in [1.54, 1.807) is 25.1 Å². The van der Waals surface area contributed by atoms with Gasteiger partial charge >= 0.3 is 5.69 Å². The molecule has 15 heavy (non-hydrogen) atoms. The average Bonchev–Trinajstić information content (AvgIpc) is 2.24. The Morgan fingerprint density at radius 3 is 2.87 bits per heavy atom. The number of aromatic nitrogens is 2. The summed E-state index contributed by atoms with van der Waals surface area (Å²) in [6.45, 7) is 1.69. The minimum atomic E-state index is -0.438. The molecule has 4 heteroatoms. The van der Waals surface area contributed by atoms with Crippen LogP contribution in [0.25, 0.3) is 11.1 Å². The van der Waals surface area contributed by atoms with Crippen LogP contribution in [0, 0.1) is 12.7 Å². The molecule has 3 nitrogen and oxygen atoms in total. The van der Waals surface area contributed by atoms with Gasteiger partial charge in [0.1, 0.15) is 5.82 Å². The maximum atomic E-state index is 13.7. The molecule has 0 aliphatic carbocycles. The quantitative estimate of drug-likeness (QED) is 0.770. The van der Waals surface area contributed by atoms with E-state index in [0.29, 0.717) is 16.7 Å². The Morgan fingerprint density at radius 1 is 1.40 bits per heavy atom. The van der Waals surface area contributed by atoms with Crippen LogP contribution in [-0.4, -0.2) is 9.97 Å². The lowest BCUT2D eigenvalue weighted by Gasteiger charge is -2.04. The zero-order chi connectivity index (χ0) is 10.8. The lowest BCUT2D eigenvalue weighted by atomic mass is 10.1. The summed E-state index contributed by atoms with van der Waals surface area (Å²) in [5, 5.41) is 0.